The number of benzene rings is 2. The average Bonchev–Trinajstić information content (AvgIpc) is 2.50. The van der Waals surface area contributed by atoms with Crippen molar-refractivity contribution in [1.82, 2.24) is 4.31 Å². The molecule has 6 heteroatoms. The van der Waals surface area contributed by atoms with E-state index in [2.05, 4.69) is 0 Å². The molecule has 0 saturated heterocycles. The molecule has 22 heavy (non-hydrogen) atoms. The monoisotopic (exact) mass is 359 g/mol. The maximum Gasteiger partial charge on any atom is 0.244 e. The Bertz CT molecular complexity index is 769. The first kappa shape index (κ1) is 17.5. The largest absolute Gasteiger partial charge is 0.244 e. The van der Waals surface area contributed by atoms with Crippen molar-refractivity contribution in [2.75, 3.05) is 13.1 Å². The van der Waals surface area contributed by atoms with E-state index in [4.69, 9.17) is 23.2 Å². The van der Waals surface area contributed by atoms with Crippen LogP contribution in [0.25, 0.3) is 10.8 Å². The standard InChI is InChI=1S/C16H19Cl2NO2S/c1-3-9-19(10-4-2)22(20,21)15-11-14(17)12-7-5-6-8-13(12)16(15)18/h5-8,11H,3-4,9-10H2,1-2H3. The fourth-order valence-corrected chi connectivity index (χ4v) is 5.03. The van der Waals surface area contributed by atoms with Gasteiger partial charge in [0.1, 0.15) is 4.90 Å². The molecule has 0 aromatic heterocycles. The van der Waals surface area contributed by atoms with Gasteiger partial charge in [-0.2, -0.15) is 4.31 Å². The normalized spacial score (nSPS) is 12.2. The Hall–Kier alpha value is -0.810. The summed E-state index contributed by atoms with van der Waals surface area (Å²) in [5.41, 5.74) is 0. The molecule has 0 radical (unpaired) electrons. The molecule has 3 nitrogen and oxygen atoms in total. The molecule has 2 rings (SSSR count). The van der Waals surface area contributed by atoms with Gasteiger partial charge in [-0.05, 0) is 18.9 Å². The molecule has 0 fully saturated rings. The third-order valence-electron chi connectivity index (χ3n) is 3.46. The second-order valence-electron chi connectivity index (χ2n) is 5.12. The maximum absolute atomic E-state index is 12.9. The second-order valence-corrected chi connectivity index (χ2v) is 7.81. The van der Waals surface area contributed by atoms with Crippen LogP contribution in [0.1, 0.15) is 26.7 Å². The molecular formula is C16H19Cl2NO2S. The van der Waals surface area contributed by atoms with Crippen molar-refractivity contribution in [3.63, 3.8) is 0 Å². The highest BCUT2D eigenvalue weighted by atomic mass is 35.5. The molecule has 0 saturated carbocycles. The molecule has 0 unspecified atom stereocenters. The summed E-state index contributed by atoms with van der Waals surface area (Å²) in [6.07, 6.45) is 1.50. The van der Waals surface area contributed by atoms with Crippen molar-refractivity contribution in [1.29, 1.82) is 0 Å². The van der Waals surface area contributed by atoms with E-state index >= 15 is 0 Å². The van der Waals surface area contributed by atoms with E-state index < -0.39 is 10.0 Å². The van der Waals surface area contributed by atoms with Crippen molar-refractivity contribution in [3.8, 4) is 0 Å². The number of hydrogen-bond acceptors (Lipinski definition) is 2. The van der Waals surface area contributed by atoms with E-state index in [0.29, 0.717) is 23.5 Å². The van der Waals surface area contributed by atoms with Gasteiger partial charge >= 0.3 is 0 Å². The van der Waals surface area contributed by atoms with Crippen LogP contribution < -0.4 is 0 Å². The lowest BCUT2D eigenvalue weighted by Gasteiger charge is -2.22. The molecular weight excluding hydrogens is 341 g/mol. The van der Waals surface area contributed by atoms with Gasteiger partial charge in [0, 0.05) is 28.9 Å². The summed E-state index contributed by atoms with van der Waals surface area (Å²) in [7, 11) is -3.65. The Kier molecular flexibility index (Phi) is 5.72. The van der Waals surface area contributed by atoms with Crippen LogP contribution in [0.4, 0.5) is 0 Å². The predicted octanol–water partition coefficient (Wildman–Crippen LogP) is 4.96. The molecule has 0 heterocycles. The van der Waals surface area contributed by atoms with Crippen LogP contribution in [0.15, 0.2) is 35.2 Å². The van der Waals surface area contributed by atoms with Gasteiger partial charge in [0.15, 0.2) is 0 Å². The van der Waals surface area contributed by atoms with Gasteiger partial charge in [0.25, 0.3) is 0 Å². The van der Waals surface area contributed by atoms with Crippen molar-refractivity contribution >= 4 is 44.0 Å². The van der Waals surface area contributed by atoms with Gasteiger partial charge in [-0.15, -0.1) is 0 Å². The molecule has 0 atom stereocenters. The summed E-state index contributed by atoms with van der Waals surface area (Å²) in [6.45, 7) is 4.84. The molecule has 0 aliphatic carbocycles. The Morgan fingerprint density at radius 1 is 1.00 bits per heavy atom. The number of halogens is 2. The fourth-order valence-electron chi connectivity index (χ4n) is 2.45. The van der Waals surface area contributed by atoms with Gasteiger partial charge < -0.3 is 0 Å². The molecule has 0 N–H and O–H groups in total. The van der Waals surface area contributed by atoms with Gasteiger partial charge in [-0.25, -0.2) is 8.42 Å². The minimum absolute atomic E-state index is 0.0831. The Balaban J connectivity index is 2.65. The van der Waals surface area contributed by atoms with Crippen molar-refractivity contribution in [3.05, 3.63) is 40.4 Å². The quantitative estimate of drug-likeness (QED) is 0.730. The summed E-state index contributed by atoms with van der Waals surface area (Å²) in [5.74, 6) is 0. The Labute approximate surface area is 141 Å². The van der Waals surface area contributed by atoms with Crippen LogP contribution in [-0.2, 0) is 10.0 Å². The van der Waals surface area contributed by atoms with Gasteiger partial charge in [0.2, 0.25) is 10.0 Å². The highest BCUT2D eigenvalue weighted by Crippen LogP contribution is 2.36. The lowest BCUT2D eigenvalue weighted by atomic mass is 10.1. The Morgan fingerprint density at radius 2 is 1.55 bits per heavy atom. The third kappa shape index (κ3) is 3.25. The lowest BCUT2D eigenvalue weighted by molar-refractivity contribution is 0.410. The van der Waals surface area contributed by atoms with E-state index in [-0.39, 0.29) is 9.92 Å². The molecule has 2 aromatic rings. The van der Waals surface area contributed by atoms with Crippen molar-refractivity contribution in [2.24, 2.45) is 0 Å². The number of fused-ring (bicyclic) bond motifs is 1. The van der Waals surface area contributed by atoms with Crippen LogP contribution in [0.5, 0.6) is 0 Å². The van der Waals surface area contributed by atoms with Crippen molar-refractivity contribution < 1.29 is 8.42 Å². The van der Waals surface area contributed by atoms with E-state index in [9.17, 15) is 8.42 Å². The van der Waals surface area contributed by atoms with Gasteiger partial charge in [-0.1, -0.05) is 61.3 Å². The predicted molar refractivity (Wildman–Crippen MR) is 93.3 cm³/mol. The van der Waals surface area contributed by atoms with Crippen LogP contribution in [0, 0.1) is 0 Å². The lowest BCUT2D eigenvalue weighted by Crippen LogP contribution is -2.32. The second kappa shape index (κ2) is 7.18. The first-order valence-electron chi connectivity index (χ1n) is 7.30. The average molecular weight is 360 g/mol. The van der Waals surface area contributed by atoms with Gasteiger partial charge in [-0.3, -0.25) is 0 Å². The van der Waals surface area contributed by atoms with Crippen LogP contribution in [-0.4, -0.2) is 25.8 Å². The minimum Gasteiger partial charge on any atom is -0.207 e. The molecule has 0 amide bonds. The summed E-state index contributed by atoms with van der Waals surface area (Å²) >= 11 is 12.6. The Morgan fingerprint density at radius 3 is 2.09 bits per heavy atom. The molecule has 0 spiro atoms. The van der Waals surface area contributed by atoms with Gasteiger partial charge in [0.05, 0.1) is 5.02 Å². The summed E-state index contributed by atoms with van der Waals surface area (Å²) in [4.78, 5) is 0.0831. The number of hydrogen-bond donors (Lipinski definition) is 0. The summed E-state index contributed by atoms with van der Waals surface area (Å²) in [5, 5.41) is 2.04. The van der Waals surface area contributed by atoms with Crippen molar-refractivity contribution in [2.45, 2.75) is 31.6 Å². The number of nitrogens with zero attached hydrogens (tertiary/aromatic N) is 1. The maximum atomic E-state index is 12.9. The minimum atomic E-state index is -3.65. The first-order chi connectivity index (χ1) is 10.4. The first-order valence-corrected chi connectivity index (χ1v) is 9.50. The van der Waals surface area contributed by atoms with Crippen LogP contribution in [0.3, 0.4) is 0 Å². The molecule has 0 bridgehead atoms. The summed E-state index contributed by atoms with van der Waals surface area (Å²) in [6, 6.07) is 8.73. The zero-order chi connectivity index (χ0) is 16.3. The smallest absolute Gasteiger partial charge is 0.207 e. The van der Waals surface area contributed by atoms with Crippen LogP contribution in [0.2, 0.25) is 10.0 Å². The fraction of sp³-hybridized carbons (Fsp3) is 0.375. The van der Waals surface area contributed by atoms with E-state index in [0.717, 1.165) is 18.2 Å². The zero-order valence-corrected chi connectivity index (χ0v) is 15.0. The highest BCUT2D eigenvalue weighted by molar-refractivity contribution is 7.89. The SMILES string of the molecule is CCCN(CCC)S(=O)(=O)c1cc(Cl)c2ccccc2c1Cl. The van der Waals surface area contributed by atoms with Crippen LogP contribution >= 0.6 is 23.2 Å². The van der Waals surface area contributed by atoms with E-state index in [1.54, 1.807) is 6.07 Å². The number of sulfonamides is 1. The zero-order valence-electron chi connectivity index (χ0n) is 12.6. The van der Waals surface area contributed by atoms with E-state index in [1.165, 1.54) is 10.4 Å². The highest BCUT2D eigenvalue weighted by Gasteiger charge is 2.27. The molecule has 0 aliphatic rings. The topological polar surface area (TPSA) is 37.4 Å². The summed E-state index contributed by atoms with van der Waals surface area (Å²) < 4.78 is 27.3. The number of rotatable bonds is 6. The molecule has 0 aliphatic heterocycles. The third-order valence-corrected chi connectivity index (χ3v) is 6.21. The molecule has 120 valence electrons. The molecule has 2 aromatic carbocycles. The van der Waals surface area contributed by atoms with E-state index in [1.807, 2.05) is 32.0 Å².